The molecule has 2 heterocycles. The summed E-state index contributed by atoms with van der Waals surface area (Å²) >= 11 is 0. The van der Waals surface area contributed by atoms with Crippen molar-refractivity contribution < 1.29 is 14.6 Å². The molecule has 0 aliphatic carbocycles. The SMILES string of the molecule is CCN(CC)C(C)(C)C(O)C1CCOC2(CCOC2)C1. The Hall–Kier alpha value is -0.160. The number of likely N-dealkylation sites (N-methyl/N-ethyl adjacent to an activating group) is 1. The predicted molar refractivity (Wildman–Crippen MR) is 79.8 cm³/mol. The largest absolute Gasteiger partial charge is 0.391 e. The highest BCUT2D eigenvalue weighted by Crippen LogP contribution is 2.39. The van der Waals surface area contributed by atoms with Gasteiger partial charge in [-0.15, -0.1) is 0 Å². The number of aliphatic hydroxyl groups is 1. The van der Waals surface area contributed by atoms with Gasteiger partial charge in [0.15, 0.2) is 0 Å². The van der Waals surface area contributed by atoms with Gasteiger partial charge in [0.2, 0.25) is 0 Å². The number of nitrogens with zero attached hydrogens (tertiary/aromatic N) is 1. The Labute approximate surface area is 123 Å². The topological polar surface area (TPSA) is 41.9 Å². The molecule has 4 nitrogen and oxygen atoms in total. The zero-order valence-electron chi connectivity index (χ0n) is 13.5. The second kappa shape index (κ2) is 6.30. The molecule has 3 atom stereocenters. The van der Waals surface area contributed by atoms with E-state index in [4.69, 9.17) is 9.47 Å². The highest BCUT2D eigenvalue weighted by atomic mass is 16.6. The first-order valence-corrected chi connectivity index (χ1v) is 8.10. The molecule has 0 radical (unpaired) electrons. The van der Waals surface area contributed by atoms with E-state index in [9.17, 15) is 5.11 Å². The molecular formula is C16H31NO3. The maximum Gasteiger partial charge on any atom is 0.0940 e. The third-order valence-corrected chi connectivity index (χ3v) is 5.35. The average Bonchev–Trinajstić information content (AvgIpc) is 2.87. The number of hydrogen-bond acceptors (Lipinski definition) is 4. The summed E-state index contributed by atoms with van der Waals surface area (Å²) in [5, 5.41) is 10.9. The van der Waals surface area contributed by atoms with E-state index >= 15 is 0 Å². The third kappa shape index (κ3) is 3.03. The lowest BCUT2D eigenvalue weighted by Crippen LogP contribution is -2.57. The first-order valence-electron chi connectivity index (χ1n) is 8.10. The predicted octanol–water partition coefficient (Wildman–Crippen LogP) is 2.05. The van der Waals surface area contributed by atoms with E-state index in [-0.39, 0.29) is 17.2 Å². The van der Waals surface area contributed by atoms with Crippen LogP contribution in [0.5, 0.6) is 0 Å². The van der Waals surface area contributed by atoms with Crippen molar-refractivity contribution in [2.75, 3.05) is 32.9 Å². The fraction of sp³-hybridized carbons (Fsp3) is 1.00. The molecule has 0 aromatic rings. The molecule has 0 bridgehead atoms. The molecule has 2 aliphatic heterocycles. The Morgan fingerprint density at radius 1 is 1.30 bits per heavy atom. The van der Waals surface area contributed by atoms with Crippen molar-refractivity contribution in [3.05, 3.63) is 0 Å². The minimum Gasteiger partial charge on any atom is -0.391 e. The number of aliphatic hydroxyl groups excluding tert-OH is 1. The van der Waals surface area contributed by atoms with E-state index in [2.05, 4.69) is 32.6 Å². The van der Waals surface area contributed by atoms with Crippen LogP contribution < -0.4 is 0 Å². The second-order valence-electron chi connectivity index (χ2n) is 6.86. The summed E-state index contributed by atoms with van der Waals surface area (Å²) in [6.45, 7) is 12.8. The molecule has 3 unspecified atom stereocenters. The van der Waals surface area contributed by atoms with Crippen LogP contribution in [-0.4, -0.2) is 60.2 Å². The summed E-state index contributed by atoms with van der Waals surface area (Å²) in [5.41, 5.74) is -0.310. The van der Waals surface area contributed by atoms with Gasteiger partial charge >= 0.3 is 0 Å². The van der Waals surface area contributed by atoms with E-state index in [1.165, 1.54) is 0 Å². The molecule has 0 aromatic heterocycles. The maximum absolute atomic E-state index is 10.9. The molecule has 2 fully saturated rings. The van der Waals surface area contributed by atoms with E-state index in [0.717, 1.165) is 45.6 Å². The van der Waals surface area contributed by atoms with Crippen molar-refractivity contribution in [1.82, 2.24) is 4.90 Å². The first-order chi connectivity index (χ1) is 9.45. The van der Waals surface area contributed by atoms with Gasteiger partial charge in [-0.1, -0.05) is 13.8 Å². The molecule has 0 aromatic carbocycles. The summed E-state index contributed by atoms with van der Waals surface area (Å²) in [4.78, 5) is 2.35. The zero-order valence-corrected chi connectivity index (χ0v) is 13.5. The molecule has 20 heavy (non-hydrogen) atoms. The standard InChI is InChI=1S/C16H31NO3/c1-5-17(6-2)15(3,4)14(18)13-7-9-20-16(11-13)8-10-19-12-16/h13-14,18H,5-12H2,1-4H3. The number of ether oxygens (including phenoxy) is 2. The average molecular weight is 285 g/mol. The van der Waals surface area contributed by atoms with E-state index in [0.29, 0.717) is 12.5 Å². The van der Waals surface area contributed by atoms with Crippen LogP contribution in [-0.2, 0) is 9.47 Å². The smallest absolute Gasteiger partial charge is 0.0940 e. The summed E-state index contributed by atoms with van der Waals surface area (Å²) in [6.07, 6.45) is 2.54. The van der Waals surface area contributed by atoms with Crippen molar-refractivity contribution in [3.63, 3.8) is 0 Å². The van der Waals surface area contributed by atoms with Crippen molar-refractivity contribution in [1.29, 1.82) is 0 Å². The third-order valence-electron chi connectivity index (χ3n) is 5.35. The van der Waals surface area contributed by atoms with Gasteiger partial charge in [0.1, 0.15) is 0 Å². The maximum atomic E-state index is 10.9. The van der Waals surface area contributed by atoms with Crippen LogP contribution in [0.1, 0.15) is 47.0 Å². The van der Waals surface area contributed by atoms with Gasteiger partial charge in [-0.2, -0.15) is 0 Å². The van der Waals surface area contributed by atoms with E-state index < -0.39 is 0 Å². The molecule has 1 spiro atoms. The zero-order chi connectivity index (χ0) is 14.8. The van der Waals surface area contributed by atoms with Gasteiger partial charge < -0.3 is 14.6 Å². The van der Waals surface area contributed by atoms with Gasteiger partial charge in [-0.05, 0) is 45.7 Å². The molecule has 118 valence electrons. The second-order valence-corrected chi connectivity index (χ2v) is 6.86. The van der Waals surface area contributed by atoms with E-state index in [1.807, 2.05) is 0 Å². The Morgan fingerprint density at radius 2 is 2.00 bits per heavy atom. The minimum atomic E-state index is -0.316. The molecule has 2 aliphatic rings. The lowest BCUT2D eigenvalue weighted by molar-refractivity contribution is -0.136. The van der Waals surface area contributed by atoms with Crippen molar-refractivity contribution in [2.24, 2.45) is 5.92 Å². The molecular weight excluding hydrogens is 254 g/mol. The quantitative estimate of drug-likeness (QED) is 0.839. The highest BCUT2D eigenvalue weighted by molar-refractivity contribution is 4.98. The normalized spacial score (nSPS) is 33.0. The van der Waals surface area contributed by atoms with Gasteiger partial charge in [-0.3, -0.25) is 4.90 Å². The van der Waals surface area contributed by atoms with Crippen LogP contribution in [0.2, 0.25) is 0 Å². The Kier molecular flexibility index (Phi) is 5.11. The molecule has 2 rings (SSSR count). The van der Waals surface area contributed by atoms with Gasteiger partial charge in [-0.25, -0.2) is 0 Å². The molecule has 0 saturated carbocycles. The number of hydrogen-bond donors (Lipinski definition) is 1. The lowest BCUT2D eigenvalue weighted by atomic mass is 9.76. The highest BCUT2D eigenvalue weighted by Gasteiger charge is 2.46. The van der Waals surface area contributed by atoms with Crippen LogP contribution >= 0.6 is 0 Å². The first kappa shape index (κ1) is 16.2. The Bertz CT molecular complexity index is 309. The van der Waals surface area contributed by atoms with Gasteiger partial charge in [0.25, 0.3) is 0 Å². The van der Waals surface area contributed by atoms with Crippen LogP contribution in [0, 0.1) is 5.92 Å². The van der Waals surface area contributed by atoms with Crippen molar-refractivity contribution in [3.8, 4) is 0 Å². The minimum absolute atomic E-state index is 0.122. The molecule has 2 saturated heterocycles. The van der Waals surface area contributed by atoms with Crippen LogP contribution in [0.15, 0.2) is 0 Å². The fourth-order valence-electron chi connectivity index (χ4n) is 4.00. The summed E-state index contributed by atoms with van der Waals surface area (Å²) in [5.74, 6) is 0.307. The van der Waals surface area contributed by atoms with Crippen LogP contribution in [0.4, 0.5) is 0 Å². The van der Waals surface area contributed by atoms with E-state index in [1.54, 1.807) is 0 Å². The molecule has 0 amide bonds. The summed E-state index contributed by atoms with van der Waals surface area (Å²) < 4.78 is 11.5. The summed E-state index contributed by atoms with van der Waals surface area (Å²) in [7, 11) is 0. The molecule has 4 heteroatoms. The summed E-state index contributed by atoms with van der Waals surface area (Å²) in [6, 6.07) is 0. The monoisotopic (exact) mass is 285 g/mol. The number of rotatable bonds is 5. The van der Waals surface area contributed by atoms with Crippen molar-refractivity contribution in [2.45, 2.75) is 64.2 Å². The van der Waals surface area contributed by atoms with Gasteiger partial charge in [0, 0.05) is 25.2 Å². The van der Waals surface area contributed by atoms with Gasteiger partial charge in [0.05, 0.1) is 18.3 Å². The van der Waals surface area contributed by atoms with Crippen LogP contribution in [0.25, 0.3) is 0 Å². The fourth-order valence-corrected chi connectivity index (χ4v) is 4.00. The Balaban J connectivity index is 2.05. The lowest BCUT2D eigenvalue weighted by Gasteiger charge is -2.47. The van der Waals surface area contributed by atoms with Crippen molar-refractivity contribution >= 4 is 0 Å². The Morgan fingerprint density at radius 3 is 2.55 bits per heavy atom. The van der Waals surface area contributed by atoms with Crippen LogP contribution in [0.3, 0.4) is 0 Å². The molecule has 1 N–H and O–H groups in total.